The fourth-order valence-electron chi connectivity index (χ4n) is 3.15. The van der Waals surface area contributed by atoms with Crippen molar-refractivity contribution in [2.24, 2.45) is 0 Å². The summed E-state index contributed by atoms with van der Waals surface area (Å²) in [7, 11) is 0. The van der Waals surface area contributed by atoms with Crippen LogP contribution in [0.5, 0.6) is 5.75 Å². The first kappa shape index (κ1) is 14.1. The van der Waals surface area contributed by atoms with Gasteiger partial charge in [-0.25, -0.2) is 9.13 Å². The minimum Gasteiger partial charge on any atom is -0.491 e. The molecule has 0 aliphatic carbocycles. The molecule has 2 heterocycles. The Morgan fingerprint density at radius 3 is 2.78 bits per heavy atom. The summed E-state index contributed by atoms with van der Waals surface area (Å²) in [6.07, 6.45) is -0.571. The van der Waals surface area contributed by atoms with Gasteiger partial charge in [0, 0.05) is 0 Å². The number of nitrogens with one attached hydrogen (secondary N) is 1. The van der Waals surface area contributed by atoms with Gasteiger partial charge in [0.15, 0.2) is 0 Å². The molecule has 1 aliphatic heterocycles. The van der Waals surface area contributed by atoms with Crippen molar-refractivity contribution in [3.63, 3.8) is 0 Å². The lowest BCUT2D eigenvalue weighted by Gasteiger charge is -2.12. The molecule has 2 aromatic carbocycles. The lowest BCUT2D eigenvalue weighted by Crippen LogP contribution is -2.30. The largest absolute Gasteiger partial charge is 0.491 e. The van der Waals surface area contributed by atoms with Crippen LogP contribution in [0.4, 0.5) is 5.95 Å². The Hall–Kier alpha value is -2.53. The number of fused-ring (bicyclic) bond motifs is 3. The molecule has 0 amide bonds. The fraction of sp³-hybridized carbons (Fsp3) is 0.278. The number of anilines is 1. The summed E-state index contributed by atoms with van der Waals surface area (Å²) in [5.74, 6) is 1.84. The summed E-state index contributed by atoms with van der Waals surface area (Å²) < 4.78 is 10.1. The van der Waals surface area contributed by atoms with E-state index in [1.807, 2.05) is 42.5 Å². The van der Waals surface area contributed by atoms with E-state index in [-0.39, 0.29) is 6.61 Å². The van der Waals surface area contributed by atoms with Gasteiger partial charge in [0.2, 0.25) is 0 Å². The molecule has 4 rings (SSSR count). The Morgan fingerprint density at radius 2 is 1.91 bits per heavy atom. The normalized spacial score (nSPS) is 14.5. The van der Waals surface area contributed by atoms with Crippen molar-refractivity contribution >= 4 is 17.0 Å². The molecule has 1 aliphatic rings. The monoisotopic (exact) mass is 310 g/mol. The van der Waals surface area contributed by atoms with E-state index in [1.165, 1.54) is 5.52 Å². The van der Waals surface area contributed by atoms with Crippen LogP contribution in [0, 0.1) is 0 Å². The molecule has 5 nitrogen and oxygen atoms in total. The van der Waals surface area contributed by atoms with Crippen LogP contribution in [0.25, 0.3) is 11.0 Å². The highest BCUT2D eigenvalue weighted by molar-refractivity contribution is 5.74. The second-order valence-corrected chi connectivity index (χ2v) is 5.78. The summed E-state index contributed by atoms with van der Waals surface area (Å²) in [5.41, 5.74) is 2.33. The maximum absolute atomic E-state index is 10.4. The number of imidazole rings is 1. The molecule has 0 saturated carbocycles. The van der Waals surface area contributed by atoms with Gasteiger partial charge in [-0.1, -0.05) is 30.3 Å². The van der Waals surface area contributed by atoms with E-state index in [0.29, 0.717) is 6.54 Å². The lowest BCUT2D eigenvalue weighted by molar-refractivity contribution is -0.644. The fourth-order valence-corrected chi connectivity index (χ4v) is 3.15. The molecule has 0 unspecified atom stereocenters. The zero-order valence-electron chi connectivity index (χ0n) is 12.9. The third-order valence-electron chi connectivity index (χ3n) is 4.17. The minimum atomic E-state index is -0.571. The summed E-state index contributed by atoms with van der Waals surface area (Å²) in [6, 6.07) is 17.9. The van der Waals surface area contributed by atoms with Crippen LogP contribution in [0.2, 0.25) is 0 Å². The third-order valence-corrected chi connectivity index (χ3v) is 4.17. The van der Waals surface area contributed by atoms with Gasteiger partial charge in [-0.05, 0) is 24.3 Å². The highest BCUT2D eigenvalue weighted by Gasteiger charge is 2.28. The smallest absolute Gasteiger partial charge is 0.358 e. The minimum absolute atomic E-state index is 0.274. The van der Waals surface area contributed by atoms with E-state index >= 15 is 0 Å². The van der Waals surface area contributed by atoms with Crippen molar-refractivity contribution in [1.29, 1.82) is 0 Å². The molecular weight excluding hydrogens is 290 g/mol. The van der Waals surface area contributed by atoms with Crippen molar-refractivity contribution in [3.05, 3.63) is 54.6 Å². The van der Waals surface area contributed by atoms with Crippen LogP contribution in [0.1, 0.15) is 0 Å². The molecular formula is C18H20N3O2+. The van der Waals surface area contributed by atoms with E-state index in [1.54, 1.807) is 0 Å². The van der Waals surface area contributed by atoms with Crippen molar-refractivity contribution in [1.82, 2.24) is 4.57 Å². The molecule has 118 valence electrons. The van der Waals surface area contributed by atoms with Gasteiger partial charge in [0.05, 0.1) is 6.54 Å². The van der Waals surface area contributed by atoms with Crippen molar-refractivity contribution < 1.29 is 14.4 Å². The number of rotatable bonds is 5. The number of hydrogen-bond acceptors (Lipinski definition) is 3. The van der Waals surface area contributed by atoms with Crippen LogP contribution in [-0.4, -0.2) is 28.9 Å². The van der Waals surface area contributed by atoms with E-state index in [0.717, 1.165) is 30.3 Å². The van der Waals surface area contributed by atoms with Crippen LogP contribution in [0.15, 0.2) is 54.6 Å². The Balaban J connectivity index is 1.53. The second kappa shape index (κ2) is 5.93. The van der Waals surface area contributed by atoms with Gasteiger partial charge in [-0.2, -0.15) is 0 Å². The van der Waals surface area contributed by atoms with Gasteiger partial charge in [-0.15, -0.1) is 0 Å². The molecule has 23 heavy (non-hydrogen) atoms. The van der Waals surface area contributed by atoms with Gasteiger partial charge in [0.25, 0.3) is 0 Å². The van der Waals surface area contributed by atoms with E-state index in [2.05, 4.69) is 26.6 Å². The Kier molecular flexibility index (Phi) is 3.63. The number of para-hydroxylation sites is 3. The first-order chi connectivity index (χ1) is 11.3. The number of ether oxygens (including phenoxy) is 1. The standard InChI is InChI=1S/C18H19N3O2/c22-14(13-23-15-6-2-1-3-7-15)12-21-17-9-5-4-8-16(17)20-11-10-19-18(20)21/h1-9,14,22H,10-13H2/p+1/t14-/m0/s1. The molecule has 0 bridgehead atoms. The zero-order chi connectivity index (χ0) is 15.6. The highest BCUT2D eigenvalue weighted by Crippen LogP contribution is 2.21. The Morgan fingerprint density at radius 1 is 1.13 bits per heavy atom. The average Bonchev–Trinajstić information content (AvgIpc) is 3.17. The molecule has 3 aromatic rings. The molecule has 5 heteroatoms. The van der Waals surface area contributed by atoms with Crippen molar-refractivity contribution in [3.8, 4) is 5.75 Å². The predicted molar refractivity (Wildman–Crippen MR) is 88.6 cm³/mol. The van der Waals surface area contributed by atoms with Crippen LogP contribution < -0.4 is 14.6 Å². The van der Waals surface area contributed by atoms with E-state index < -0.39 is 6.10 Å². The van der Waals surface area contributed by atoms with Gasteiger partial charge < -0.3 is 9.84 Å². The van der Waals surface area contributed by atoms with Crippen molar-refractivity contribution in [2.45, 2.75) is 19.2 Å². The van der Waals surface area contributed by atoms with Crippen molar-refractivity contribution in [2.75, 3.05) is 18.5 Å². The highest BCUT2D eigenvalue weighted by atomic mass is 16.5. The van der Waals surface area contributed by atoms with Gasteiger partial charge in [0.1, 0.15) is 42.6 Å². The zero-order valence-corrected chi connectivity index (χ0v) is 12.9. The number of nitrogens with zero attached hydrogens (tertiary/aromatic N) is 2. The lowest BCUT2D eigenvalue weighted by atomic mass is 10.3. The third kappa shape index (κ3) is 2.64. The second-order valence-electron chi connectivity index (χ2n) is 5.78. The van der Waals surface area contributed by atoms with E-state index in [4.69, 9.17) is 4.74 Å². The molecule has 0 spiro atoms. The maximum atomic E-state index is 10.4. The molecule has 0 fully saturated rings. The average molecular weight is 310 g/mol. The number of aliphatic hydroxyl groups excluding tert-OH is 1. The van der Waals surface area contributed by atoms with Crippen LogP contribution >= 0.6 is 0 Å². The van der Waals surface area contributed by atoms with Crippen LogP contribution in [0.3, 0.4) is 0 Å². The van der Waals surface area contributed by atoms with Gasteiger partial charge in [-0.3, -0.25) is 5.32 Å². The maximum Gasteiger partial charge on any atom is 0.358 e. The topological polar surface area (TPSA) is 50.3 Å². The number of hydrogen-bond donors (Lipinski definition) is 2. The van der Waals surface area contributed by atoms with E-state index in [9.17, 15) is 5.11 Å². The Bertz CT molecular complexity index is 814. The number of aromatic nitrogens is 2. The number of benzene rings is 2. The first-order valence-electron chi connectivity index (χ1n) is 7.94. The first-order valence-corrected chi connectivity index (χ1v) is 7.94. The molecule has 1 aromatic heterocycles. The summed E-state index contributed by atoms with van der Waals surface area (Å²) in [6.45, 7) is 2.66. The SMILES string of the molecule is O[C@H](COc1ccccc1)Cn1c2[n+](c3ccccc31)CCN2. The quantitative estimate of drug-likeness (QED) is 0.707. The summed E-state index contributed by atoms with van der Waals surface area (Å²) in [5, 5.41) is 13.8. The molecule has 1 atom stereocenters. The van der Waals surface area contributed by atoms with Crippen LogP contribution in [-0.2, 0) is 13.1 Å². The Labute approximate surface area is 134 Å². The summed E-state index contributed by atoms with van der Waals surface area (Å²) in [4.78, 5) is 0. The molecule has 0 saturated heterocycles. The number of aliphatic hydroxyl groups is 1. The van der Waals surface area contributed by atoms with Gasteiger partial charge >= 0.3 is 5.95 Å². The molecule has 0 radical (unpaired) electrons. The summed E-state index contributed by atoms with van der Waals surface area (Å²) >= 11 is 0. The predicted octanol–water partition coefficient (Wildman–Crippen LogP) is 1.79. The molecule has 2 N–H and O–H groups in total.